The standard InChI is InChI=1S/C22H28O7/c1-10-13(28-11(2)23)8-12-16(25)19-22(29-19)9-21(5,7-6-14(22)24)18(27)17(26)15(10)20(12,3)4/h6-7,12-13,16-17,19,25-26H,8-9H2,1-5H3. The molecule has 158 valence electrons. The monoisotopic (exact) mass is 404 g/mol. The SMILES string of the molecule is CC(=O)OC1CC2C(O)C3OC34CC(C)(C=CC4=O)C(=O)C(O)C(=C1C)C2(C)C. The normalized spacial score (nSPS) is 45.6. The van der Waals surface area contributed by atoms with E-state index in [9.17, 15) is 24.6 Å². The maximum absolute atomic E-state index is 13.4. The fraction of sp³-hybridized carbons (Fsp3) is 0.682. The van der Waals surface area contributed by atoms with Crippen molar-refractivity contribution in [2.75, 3.05) is 0 Å². The molecule has 0 radical (unpaired) electrons. The number of ether oxygens (including phenoxy) is 2. The Labute approximate surface area is 169 Å². The molecule has 7 nitrogen and oxygen atoms in total. The molecule has 1 spiro atoms. The van der Waals surface area contributed by atoms with Crippen molar-refractivity contribution in [3.8, 4) is 0 Å². The van der Waals surface area contributed by atoms with Gasteiger partial charge in [0.2, 0.25) is 0 Å². The highest BCUT2D eigenvalue weighted by molar-refractivity contribution is 6.04. The molecule has 3 aliphatic carbocycles. The van der Waals surface area contributed by atoms with Crippen molar-refractivity contribution in [3.05, 3.63) is 23.3 Å². The summed E-state index contributed by atoms with van der Waals surface area (Å²) in [5.74, 6) is -1.63. The molecule has 7 heteroatoms. The third kappa shape index (κ3) is 2.71. The Kier molecular flexibility index (Phi) is 4.29. The van der Waals surface area contributed by atoms with Crippen LogP contribution in [0.15, 0.2) is 23.3 Å². The van der Waals surface area contributed by atoms with E-state index >= 15 is 0 Å². The number of Topliss-reactive ketones (excluding diaryl/α,β-unsaturated/α-hetero) is 1. The summed E-state index contributed by atoms with van der Waals surface area (Å²) in [4.78, 5) is 37.7. The van der Waals surface area contributed by atoms with Crippen LogP contribution in [0.2, 0.25) is 0 Å². The van der Waals surface area contributed by atoms with E-state index in [0.717, 1.165) is 0 Å². The van der Waals surface area contributed by atoms with Crippen LogP contribution in [0.3, 0.4) is 0 Å². The zero-order valence-electron chi connectivity index (χ0n) is 17.4. The number of carbonyl (C=O) groups excluding carboxylic acids is 3. The Morgan fingerprint density at radius 3 is 2.52 bits per heavy atom. The number of allylic oxidation sites excluding steroid dienone is 1. The van der Waals surface area contributed by atoms with Crippen LogP contribution in [0.25, 0.3) is 0 Å². The number of ketones is 2. The molecule has 1 saturated carbocycles. The first-order chi connectivity index (χ1) is 13.3. The quantitative estimate of drug-likeness (QED) is 0.384. The Bertz CT molecular complexity index is 868. The molecule has 0 aromatic heterocycles. The number of carbonyl (C=O) groups is 3. The van der Waals surface area contributed by atoms with Crippen molar-refractivity contribution in [2.45, 2.75) is 77.5 Å². The van der Waals surface area contributed by atoms with Gasteiger partial charge in [-0.05, 0) is 42.9 Å². The van der Waals surface area contributed by atoms with Crippen molar-refractivity contribution in [2.24, 2.45) is 16.7 Å². The predicted octanol–water partition coefficient (Wildman–Crippen LogP) is 1.26. The molecule has 29 heavy (non-hydrogen) atoms. The lowest BCUT2D eigenvalue weighted by atomic mass is 9.57. The number of aliphatic hydroxyl groups excluding tert-OH is 2. The number of aliphatic hydroxyl groups is 2. The molecular formula is C22H28O7. The molecule has 7 atom stereocenters. The molecule has 0 aromatic carbocycles. The third-order valence-corrected chi connectivity index (χ3v) is 7.50. The van der Waals surface area contributed by atoms with Crippen LogP contribution in [0.5, 0.6) is 0 Å². The summed E-state index contributed by atoms with van der Waals surface area (Å²) in [6, 6.07) is 0. The molecule has 2 fully saturated rings. The van der Waals surface area contributed by atoms with Crippen LogP contribution >= 0.6 is 0 Å². The molecule has 1 heterocycles. The van der Waals surface area contributed by atoms with Gasteiger partial charge >= 0.3 is 5.97 Å². The van der Waals surface area contributed by atoms with Crippen LogP contribution in [0, 0.1) is 16.7 Å². The largest absolute Gasteiger partial charge is 0.458 e. The molecule has 2 N–H and O–H groups in total. The second-order valence-corrected chi connectivity index (χ2v) is 9.74. The second kappa shape index (κ2) is 6.09. The van der Waals surface area contributed by atoms with Crippen molar-refractivity contribution in [3.63, 3.8) is 0 Å². The highest BCUT2D eigenvalue weighted by atomic mass is 16.6. The maximum atomic E-state index is 13.4. The molecular weight excluding hydrogens is 376 g/mol. The van der Waals surface area contributed by atoms with Crippen LogP contribution in [0.1, 0.15) is 47.5 Å². The molecule has 1 saturated heterocycles. The first-order valence-corrected chi connectivity index (χ1v) is 10.1. The van der Waals surface area contributed by atoms with Gasteiger partial charge in [-0.25, -0.2) is 0 Å². The van der Waals surface area contributed by atoms with Crippen LogP contribution < -0.4 is 0 Å². The summed E-state index contributed by atoms with van der Waals surface area (Å²) in [5.41, 5.74) is -2.00. The smallest absolute Gasteiger partial charge is 0.303 e. The van der Waals surface area contributed by atoms with Gasteiger partial charge in [-0.1, -0.05) is 19.9 Å². The second-order valence-electron chi connectivity index (χ2n) is 9.74. The summed E-state index contributed by atoms with van der Waals surface area (Å²) >= 11 is 0. The van der Waals surface area contributed by atoms with E-state index in [1.54, 1.807) is 13.8 Å². The zero-order valence-corrected chi connectivity index (χ0v) is 17.4. The van der Waals surface area contributed by atoms with Gasteiger partial charge in [0.15, 0.2) is 17.2 Å². The Morgan fingerprint density at radius 2 is 1.90 bits per heavy atom. The fourth-order valence-electron chi connectivity index (χ4n) is 5.85. The molecule has 4 aliphatic rings. The van der Waals surface area contributed by atoms with E-state index < -0.39 is 58.5 Å². The van der Waals surface area contributed by atoms with E-state index in [-0.39, 0.29) is 12.2 Å². The van der Waals surface area contributed by atoms with Crippen molar-refractivity contribution >= 4 is 17.5 Å². The molecule has 4 rings (SSSR count). The Balaban J connectivity index is 1.91. The minimum Gasteiger partial charge on any atom is -0.458 e. The van der Waals surface area contributed by atoms with Gasteiger partial charge in [0, 0.05) is 19.3 Å². The van der Waals surface area contributed by atoms with Gasteiger partial charge in [0.1, 0.15) is 18.3 Å². The average molecular weight is 404 g/mol. The van der Waals surface area contributed by atoms with E-state index in [2.05, 4.69) is 0 Å². The predicted molar refractivity (Wildman–Crippen MR) is 102 cm³/mol. The number of epoxide rings is 1. The average Bonchev–Trinajstić information content (AvgIpc) is 3.33. The minimum atomic E-state index is -1.44. The van der Waals surface area contributed by atoms with Gasteiger partial charge < -0.3 is 19.7 Å². The molecule has 1 aliphatic heterocycles. The molecule has 7 unspecified atom stereocenters. The maximum Gasteiger partial charge on any atom is 0.303 e. The molecule has 4 bridgehead atoms. The van der Waals surface area contributed by atoms with E-state index in [4.69, 9.17) is 9.47 Å². The summed E-state index contributed by atoms with van der Waals surface area (Å²) in [5, 5.41) is 22.5. The summed E-state index contributed by atoms with van der Waals surface area (Å²) in [7, 11) is 0. The zero-order chi connectivity index (χ0) is 21.5. The fourth-order valence-corrected chi connectivity index (χ4v) is 5.85. The van der Waals surface area contributed by atoms with Gasteiger partial charge in [-0.3, -0.25) is 14.4 Å². The van der Waals surface area contributed by atoms with Crippen molar-refractivity contribution in [1.82, 2.24) is 0 Å². The Morgan fingerprint density at radius 1 is 1.24 bits per heavy atom. The number of fused-ring (bicyclic) bond motifs is 3. The van der Waals surface area contributed by atoms with Crippen molar-refractivity contribution < 1.29 is 34.1 Å². The summed E-state index contributed by atoms with van der Waals surface area (Å²) in [6.45, 7) is 8.48. The third-order valence-electron chi connectivity index (χ3n) is 7.50. The molecule has 0 amide bonds. The minimum absolute atomic E-state index is 0.0970. The van der Waals surface area contributed by atoms with Gasteiger partial charge in [-0.15, -0.1) is 0 Å². The highest BCUT2D eigenvalue weighted by Crippen LogP contribution is 2.58. The topological polar surface area (TPSA) is 113 Å². The van der Waals surface area contributed by atoms with E-state index in [1.165, 1.54) is 19.1 Å². The Hall–Kier alpha value is -1.83. The number of esters is 1. The summed E-state index contributed by atoms with van der Waals surface area (Å²) in [6.07, 6.45) is -0.548. The lowest BCUT2D eigenvalue weighted by Crippen LogP contribution is -2.55. The van der Waals surface area contributed by atoms with Crippen LogP contribution in [-0.2, 0) is 23.9 Å². The summed E-state index contributed by atoms with van der Waals surface area (Å²) < 4.78 is 11.3. The number of rotatable bonds is 1. The van der Waals surface area contributed by atoms with Gasteiger partial charge in [-0.2, -0.15) is 0 Å². The highest BCUT2D eigenvalue weighted by Gasteiger charge is 2.71. The van der Waals surface area contributed by atoms with E-state index in [0.29, 0.717) is 17.6 Å². The first kappa shape index (κ1) is 20.4. The molecule has 0 aromatic rings. The van der Waals surface area contributed by atoms with Crippen LogP contribution in [0.4, 0.5) is 0 Å². The van der Waals surface area contributed by atoms with Gasteiger partial charge in [0.05, 0.1) is 11.5 Å². The van der Waals surface area contributed by atoms with E-state index in [1.807, 2.05) is 13.8 Å². The van der Waals surface area contributed by atoms with Crippen molar-refractivity contribution in [1.29, 1.82) is 0 Å². The first-order valence-electron chi connectivity index (χ1n) is 10.1. The number of hydrogen-bond donors (Lipinski definition) is 2. The van der Waals surface area contributed by atoms with Gasteiger partial charge in [0.25, 0.3) is 0 Å². The lowest BCUT2D eigenvalue weighted by molar-refractivity contribution is -0.148. The number of hydrogen-bond acceptors (Lipinski definition) is 7. The lowest BCUT2D eigenvalue weighted by Gasteiger charge is -2.49. The van der Waals surface area contributed by atoms with Crippen LogP contribution in [-0.4, -0.2) is 57.8 Å².